The summed E-state index contributed by atoms with van der Waals surface area (Å²) in [5.41, 5.74) is 0.917. The third-order valence-electron chi connectivity index (χ3n) is 3.76. The van der Waals surface area contributed by atoms with Crippen LogP contribution in [0, 0.1) is 0 Å². The van der Waals surface area contributed by atoms with E-state index in [-0.39, 0.29) is 0 Å². The number of nitrogens with zero attached hydrogens (tertiary/aromatic N) is 3. The normalized spacial score (nSPS) is 10.9. The van der Waals surface area contributed by atoms with E-state index < -0.39 is 0 Å². The quantitative estimate of drug-likeness (QED) is 0.551. The lowest BCUT2D eigenvalue weighted by atomic mass is 10.2. The van der Waals surface area contributed by atoms with Crippen LogP contribution in [0.15, 0.2) is 57.5 Å². The second kappa shape index (κ2) is 8.82. The van der Waals surface area contributed by atoms with Gasteiger partial charge < -0.3 is 14.0 Å². The van der Waals surface area contributed by atoms with Gasteiger partial charge in [0.25, 0.3) is 0 Å². The fourth-order valence-electron chi connectivity index (χ4n) is 2.37. The van der Waals surface area contributed by atoms with Gasteiger partial charge in [0.1, 0.15) is 18.1 Å². The Hall–Kier alpha value is -2.38. The smallest absolute Gasteiger partial charge is 0.241 e. The zero-order valence-electron chi connectivity index (χ0n) is 14.7. The Morgan fingerprint density at radius 2 is 1.88 bits per heavy atom. The molecule has 0 bridgehead atoms. The number of likely N-dealkylation sites (N-methyl/N-ethyl adjacent to an activating group) is 1. The molecular weight excluding hydrogens is 398 g/mol. The SMILES string of the molecule is COc1ccc(OCCN(C)Cc2nc(-c3cccc(Br)c3)no2)cc1. The Morgan fingerprint density at radius 1 is 1.12 bits per heavy atom. The minimum Gasteiger partial charge on any atom is -0.497 e. The second-order valence-corrected chi connectivity index (χ2v) is 6.70. The number of rotatable bonds is 8. The first-order valence-corrected chi connectivity index (χ1v) is 8.97. The molecule has 0 unspecified atom stereocenters. The van der Waals surface area contributed by atoms with Gasteiger partial charge in [0.2, 0.25) is 11.7 Å². The second-order valence-electron chi connectivity index (χ2n) is 5.78. The first-order chi connectivity index (χ1) is 12.6. The molecule has 6 nitrogen and oxygen atoms in total. The van der Waals surface area contributed by atoms with Crippen LogP contribution in [0.25, 0.3) is 11.4 Å². The fraction of sp³-hybridized carbons (Fsp3) is 0.263. The molecule has 0 amide bonds. The lowest BCUT2D eigenvalue weighted by Crippen LogP contribution is -2.24. The first kappa shape index (κ1) is 18.4. The largest absolute Gasteiger partial charge is 0.497 e. The Morgan fingerprint density at radius 3 is 2.62 bits per heavy atom. The fourth-order valence-corrected chi connectivity index (χ4v) is 2.76. The van der Waals surface area contributed by atoms with Crippen molar-refractivity contribution in [3.8, 4) is 22.9 Å². The molecule has 0 aliphatic carbocycles. The zero-order chi connectivity index (χ0) is 18.4. The van der Waals surface area contributed by atoms with Crippen LogP contribution in [-0.4, -0.2) is 42.3 Å². The molecule has 136 valence electrons. The molecule has 1 heterocycles. The molecule has 0 saturated carbocycles. The summed E-state index contributed by atoms with van der Waals surface area (Å²) in [5, 5.41) is 4.05. The molecular formula is C19H20BrN3O3. The van der Waals surface area contributed by atoms with Crippen LogP contribution in [0.5, 0.6) is 11.5 Å². The van der Waals surface area contributed by atoms with E-state index in [1.54, 1.807) is 7.11 Å². The van der Waals surface area contributed by atoms with Crippen molar-refractivity contribution in [3.05, 3.63) is 58.9 Å². The van der Waals surface area contributed by atoms with Gasteiger partial charge >= 0.3 is 0 Å². The van der Waals surface area contributed by atoms with Gasteiger partial charge in [-0.15, -0.1) is 0 Å². The highest BCUT2D eigenvalue weighted by atomic mass is 79.9. The predicted octanol–water partition coefficient (Wildman–Crippen LogP) is 4.02. The van der Waals surface area contributed by atoms with Crippen molar-refractivity contribution in [2.45, 2.75) is 6.54 Å². The first-order valence-electron chi connectivity index (χ1n) is 8.18. The summed E-state index contributed by atoms with van der Waals surface area (Å²) >= 11 is 3.45. The summed E-state index contributed by atoms with van der Waals surface area (Å²) in [4.78, 5) is 6.52. The number of aromatic nitrogens is 2. The average molecular weight is 418 g/mol. The summed E-state index contributed by atoms with van der Waals surface area (Å²) in [5.74, 6) is 2.79. The summed E-state index contributed by atoms with van der Waals surface area (Å²) in [7, 11) is 3.63. The van der Waals surface area contributed by atoms with Crippen LogP contribution in [0.3, 0.4) is 0 Å². The minimum atomic E-state index is 0.562. The minimum absolute atomic E-state index is 0.562. The molecule has 0 fully saturated rings. The maximum absolute atomic E-state index is 5.73. The number of ether oxygens (including phenoxy) is 2. The lowest BCUT2D eigenvalue weighted by Gasteiger charge is -2.14. The van der Waals surface area contributed by atoms with E-state index in [9.17, 15) is 0 Å². The highest BCUT2D eigenvalue weighted by Gasteiger charge is 2.11. The van der Waals surface area contributed by atoms with Crippen LogP contribution < -0.4 is 9.47 Å². The molecule has 0 radical (unpaired) electrons. The van der Waals surface area contributed by atoms with Crippen LogP contribution in [0.2, 0.25) is 0 Å². The van der Waals surface area contributed by atoms with Gasteiger partial charge in [-0.2, -0.15) is 4.98 Å². The molecule has 3 aromatic rings. The summed E-state index contributed by atoms with van der Waals surface area (Å²) in [6.07, 6.45) is 0. The number of halogens is 1. The van der Waals surface area contributed by atoms with E-state index in [1.165, 1.54) is 0 Å². The van der Waals surface area contributed by atoms with E-state index in [4.69, 9.17) is 14.0 Å². The monoisotopic (exact) mass is 417 g/mol. The third-order valence-corrected chi connectivity index (χ3v) is 4.25. The molecule has 2 aromatic carbocycles. The van der Waals surface area contributed by atoms with Crippen molar-refractivity contribution in [1.82, 2.24) is 15.0 Å². The molecule has 0 aliphatic rings. The third kappa shape index (κ3) is 5.06. The van der Waals surface area contributed by atoms with Crippen LogP contribution >= 0.6 is 15.9 Å². The number of hydrogen-bond acceptors (Lipinski definition) is 6. The molecule has 0 N–H and O–H groups in total. The van der Waals surface area contributed by atoms with Gasteiger partial charge in [-0.25, -0.2) is 0 Å². The molecule has 0 saturated heterocycles. The van der Waals surface area contributed by atoms with Crippen LogP contribution in [0.4, 0.5) is 0 Å². The highest BCUT2D eigenvalue weighted by Crippen LogP contribution is 2.20. The molecule has 26 heavy (non-hydrogen) atoms. The van der Waals surface area contributed by atoms with E-state index in [2.05, 4.69) is 31.0 Å². The van der Waals surface area contributed by atoms with Crippen molar-refractivity contribution >= 4 is 15.9 Å². The molecule has 0 aliphatic heterocycles. The summed E-state index contributed by atoms with van der Waals surface area (Å²) in [6.45, 7) is 1.86. The maximum atomic E-state index is 5.73. The standard InChI is InChI=1S/C19H20BrN3O3/c1-23(10-11-25-17-8-6-16(24-2)7-9-17)13-18-21-19(22-26-18)14-4-3-5-15(20)12-14/h3-9,12H,10-11,13H2,1-2H3. The van der Waals surface area contributed by atoms with Crippen molar-refractivity contribution < 1.29 is 14.0 Å². The number of benzene rings is 2. The molecule has 3 rings (SSSR count). The van der Waals surface area contributed by atoms with Gasteiger partial charge in [-0.3, -0.25) is 4.90 Å². The van der Waals surface area contributed by atoms with Gasteiger partial charge in [0.15, 0.2) is 0 Å². The van der Waals surface area contributed by atoms with E-state index >= 15 is 0 Å². The summed E-state index contributed by atoms with van der Waals surface area (Å²) < 4.78 is 17.2. The molecule has 0 spiro atoms. The van der Waals surface area contributed by atoms with Crippen molar-refractivity contribution in [2.24, 2.45) is 0 Å². The Balaban J connectivity index is 1.48. The van der Waals surface area contributed by atoms with Crippen molar-refractivity contribution in [3.63, 3.8) is 0 Å². The molecule has 0 atom stereocenters. The van der Waals surface area contributed by atoms with Crippen LogP contribution in [0.1, 0.15) is 5.89 Å². The Kier molecular flexibility index (Phi) is 6.25. The van der Waals surface area contributed by atoms with Gasteiger partial charge in [-0.05, 0) is 43.4 Å². The number of methoxy groups -OCH3 is 1. The predicted molar refractivity (Wildman–Crippen MR) is 102 cm³/mol. The average Bonchev–Trinajstić information content (AvgIpc) is 3.11. The van der Waals surface area contributed by atoms with E-state index in [0.717, 1.165) is 28.1 Å². The maximum Gasteiger partial charge on any atom is 0.241 e. The Labute approximate surface area is 160 Å². The van der Waals surface area contributed by atoms with Crippen molar-refractivity contribution in [2.75, 3.05) is 27.3 Å². The van der Waals surface area contributed by atoms with E-state index in [0.29, 0.717) is 24.9 Å². The Bertz CT molecular complexity index is 836. The van der Waals surface area contributed by atoms with Crippen molar-refractivity contribution in [1.29, 1.82) is 0 Å². The van der Waals surface area contributed by atoms with Crippen LogP contribution in [-0.2, 0) is 6.54 Å². The lowest BCUT2D eigenvalue weighted by molar-refractivity contribution is 0.212. The van der Waals surface area contributed by atoms with E-state index in [1.807, 2.05) is 55.6 Å². The topological polar surface area (TPSA) is 60.6 Å². The zero-order valence-corrected chi connectivity index (χ0v) is 16.3. The molecule has 1 aromatic heterocycles. The summed E-state index contributed by atoms with van der Waals surface area (Å²) in [6, 6.07) is 15.3. The molecule has 7 heteroatoms. The highest BCUT2D eigenvalue weighted by molar-refractivity contribution is 9.10. The number of hydrogen-bond donors (Lipinski definition) is 0. The van der Waals surface area contributed by atoms with Gasteiger partial charge in [0.05, 0.1) is 13.7 Å². The van der Waals surface area contributed by atoms with Gasteiger partial charge in [0, 0.05) is 16.6 Å². The van der Waals surface area contributed by atoms with Gasteiger partial charge in [-0.1, -0.05) is 33.2 Å².